The second-order valence-corrected chi connectivity index (χ2v) is 4.04. The summed E-state index contributed by atoms with van der Waals surface area (Å²) in [5, 5.41) is 3.26. The van der Waals surface area contributed by atoms with Crippen LogP contribution in [0.5, 0.6) is 11.5 Å². The van der Waals surface area contributed by atoms with Gasteiger partial charge in [-0.05, 0) is 43.3 Å². The number of nitrogens with one attached hydrogen (secondary N) is 1. The van der Waals surface area contributed by atoms with Crippen molar-refractivity contribution in [2.75, 3.05) is 24.8 Å². The maximum atomic E-state index is 5.96. The number of nitrogen functional groups attached to an aromatic ring is 1. The summed E-state index contributed by atoms with van der Waals surface area (Å²) in [5.74, 6) is 1.60. The van der Waals surface area contributed by atoms with E-state index in [4.69, 9.17) is 15.2 Å². The molecule has 2 aromatic carbocycles. The van der Waals surface area contributed by atoms with E-state index in [1.165, 1.54) is 0 Å². The van der Waals surface area contributed by atoms with Crippen molar-refractivity contribution in [2.24, 2.45) is 0 Å². The van der Waals surface area contributed by atoms with Crippen LogP contribution < -0.4 is 20.5 Å². The molecule has 0 fully saturated rings. The number of ether oxygens (including phenoxy) is 2. The molecule has 4 heteroatoms. The molecule has 0 aliphatic heterocycles. The minimum Gasteiger partial charge on any atom is -0.497 e. The van der Waals surface area contributed by atoms with Gasteiger partial charge >= 0.3 is 0 Å². The summed E-state index contributed by atoms with van der Waals surface area (Å²) >= 11 is 0. The molecule has 19 heavy (non-hydrogen) atoms. The Bertz CT molecular complexity index is 538. The molecular weight excluding hydrogens is 240 g/mol. The lowest BCUT2D eigenvalue weighted by atomic mass is 10.2. The van der Waals surface area contributed by atoms with Gasteiger partial charge in [0.15, 0.2) is 0 Å². The number of nitrogens with two attached hydrogens (primary N) is 1. The van der Waals surface area contributed by atoms with E-state index in [1.807, 2.05) is 43.3 Å². The quantitative estimate of drug-likeness (QED) is 0.807. The molecule has 0 aromatic heterocycles. The third-order valence-corrected chi connectivity index (χ3v) is 2.70. The molecule has 0 saturated carbocycles. The van der Waals surface area contributed by atoms with Crippen LogP contribution in [0.3, 0.4) is 0 Å². The smallest absolute Gasteiger partial charge is 0.121 e. The fourth-order valence-corrected chi connectivity index (χ4v) is 1.74. The second-order valence-electron chi connectivity index (χ2n) is 4.04. The topological polar surface area (TPSA) is 56.5 Å². The number of hydrogen-bond donors (Lipinski definition) is 2. The van der Waals surface area contributed by atoms with Crippen molar-refractivity contribution in [1.82, 2.24) is 0 Å². The van der Waals surface area contributed by atoms with E-state index in [0.29, 0.717) is 12.3 Å². The first-order valence-corrected chi connectivity index (χ1v) is 6.16. The Hall–Kier alpha value is -2.36. The molecule has 2 rings (SSSR count). The van der Waals surface area contributed by atoms with E-state index in [2.05, 4.69) is 5.32 Å². The summed E-state index contributed by atoms with van der Waals surface area (Å²) in [6.07, 6.45) is 0. The van der Waals surface area contributed by atoms with Gasteiger partial charge in [0.2, 0.25) is 0 Å². The van der Waals surface area contributed by atoms with Crippen LogP contribution in [0.25, 0.3) is 0 Å². The molecule has 4 nitrogen and oxygen atoms in total. The molecule has 0 amide bonds. The summed E-state index contributed by atoms with van der Waals surface area (Å²) in [6, 6.07) is 13.3. The van der Waals surface area contributed by atoms with E-state index in [1.54, 1.807) is 13.2 Å². The number of hydrogen-bond acceptors (Lipinski definition) is 4. The lowest BCUT2D eigenvalue weighted by Crippen LogP contribution is -1.97. The first kappa shape index (κ1) is 13.1. The molecule has 0 saturated heterocycles. The van der Waals surface area contributed by atoms with Gasteiger partial charge in [0, 0.05) is 11.8 Å². The minimum absolute atomic E-state index is 0.647. The first-order chi connectivity index (χ1) is 9.22. The van der Waals surface area contributed by atoms with Gasteiger partial charge in [-0.15, -0.1) is 0 Å². The molecule has 0 spiro atoms. The normalized spacial score (nSPS) is 10.0. The second kappa shape index (κ2) is 6.00. The maximum Gasteiger partial charge on any atom is 0.121 e. The van der Waals surface area contributed by atoms with Crippen LogP contribution in [0.2, 0.25) is 0 Å². The van der Waals surface area contributed by atoms with Crippen LogP contribution in [0.1, 0.15) is 6.92 Å². The lowest BCUT2D eigenvalue weighted by Gasteiger charge is -2.11. The van der Waals surface area contributed by atoms with Gasteiger partial charge < -0.3 is 20.5 Å². The zero-order valence-corrected chi connectivity index (χ0v) is 11.1. The predicted molar refractivity (Wildman–Crippen MR) is 78.3 cm³/mol. The van der Waals surface area contributed by atoms with E-state index in [9.17, 15) is 0 Å². The summed E-state index contributed by atoms with van der Waals surface area (Å²) in [7, 11) is 1.62. The predicted octanol–water partition coefficient (Wildman–Crippen LogP) is 3.42. The molecule has 3 N–H and O–H groups in total. The van der Waals surface area contributed by atoms with Gasteiger partial charge in [-0.1, -0.05) is 0 Å². The van der Waals surface area contributed by atoms with Gasteiger partial charge in [-0.2, -0.15) is 0 Å². The molecule has 0 bridgehead atoms. The zero-order valence-electron chi connectivity index (χ0n) is 11.1. The molecule has 100 valence electrons. The largest absolute Gasteiger partial charge is 0.497 e. The number of rotatable bonds is 5. The lowest BCUT2D eigenvalue weighted by molar-refractivity contribution is 0.340. The SMILES string of the molecule is CCOc1ccc(Nc2ccc(OC)cc2N)cc1. The number of benzene rings is 2. The fraction of sp³-hybridized carbons (Fsp3) is 0.200. The van der Waals surface area contributed by atoms with E-state index < -0.39 is 0 Å². The summed E-state index contributed by atoms with van der Waals surface area (Å²) < 4.78 is 10.5. The van der Waals surface area contributed by atoms with Gasteiger partial charge in [-0.25, -0.2) is 0 Å². The minimum atomic E-state index is 0.647. The average Bonchev–Trinajstić information content (AvgIpc) is 2.43. The molecule has 0 aliphatic carbocycles. The number of anilines is 3. The Balaban J connectivity index is 2.12. The molecule has 2 aromatic rings. The highest BCUT2D eigenvalue weighted by Gasteiger charge is 2.02. The Labute approximate surface area is 113 Å². The van der Waals surface area contributed by atoms with Crippen LogP contribution >= 0.6 is 0 Å². The van der Waals surface area contributed by atoms with Crippen molar-refractivity contribution in [3.05, 3.63) is 42.5 Å². The maximum absolute atomic E-state index is 5.96. The fourth-order valence-electron chi connectivity index (χ4n) is 1.74. The van der Waals surface area contributed by atoms with E-state index in [-0.39, 0.29) is 0 Å². The standard InChI is InChI=1S/C15H18N2O2/c1-3-19-12-6-4-11(5-7-12)17-15-9-8-13(18-2)10-14(15)16/h4-10,17H,3,16H2,1-2H3. The van der Waals surface area contributed by atoms with Gasteiger partial charge in [0.25, 0.3) is 0 Å². The van der Waals surface area contributed by atoms with Crippen molar-refractivity contribution in [2.45, 2.75) is 6.92 Å². The monoisotopic (exact) mass is 258 g/mol. The Morgan fingerprint density at radius 3 is 2.32 bits per heavy atom. The molecule has 0 aliphatic rings. The third kappa shape index (κ3) is 3.31. The Morgan fingerprint density at radius 1 is 1.05 bits per heavy atom. The van der Waals surface area contributed by atoms with Gasteiger partial charge in [0.05, 0.1) is 25.1 Å². The summed E-state index contributed by atoms with van der Waals surface area (Å²) in [5.41, 5.74) is 8.41. The van der Waals surface area contributed by atoms with Crippen molar-refractivity contribution in [1.29, 1.82) is 0 Å². The molecule has 0 heterocycles. The van der Waals surface area contributed by atoms with Gasteiger partial charge in [0.1, 0.15) is 11.5 Å². The zero-order chi connectivity index (χ0) is 13.7. The van der Waals surface area contributed by atoms with E-state index >= 15 is 0 Å². The molecule has 0 unspecified atom stereocenters. The molecular formula is C15H18N2O2. The van der Waals surface area contributed by atoms with Crippen molar-refractivity contribution in [3.8, 4) is 11.5 Å². The summed E-state index contributed by atoms with van der Waals surface area (Å²) in [4.78, 5) is 0. The molecule has 0 radical (unpaired) electrons. The van der Waals surface area contributed by atoms with Crippen LogP contribution in [0.4, 0.5) is 17.1 Å². The highest BCUT2D eigenvalue weighted by molar-refractivity contribution is 5.74. The third-order valence-electron chi connectivity index (χ3n) is 2.70. The Morgan fingerprint density at radius 2 is 1.74 bits per heavy atom. The van der Waals surface area contributed by atoms with Crippen LogP contribution in [0.15, 0.2) is 42.5 Å². The average molecular weight is 258 g/mol. The van der Waals surface area contributed by atoms with E-state index in [0.717, 1.165) is 22.9 Å². The first-order valence-electron chi connectivity index (χ1n) is 6.16. The van der Waals surface area contributed by atoms with Crippen molar-refractivity contribution in [3.63, 3.8) is 0 Å². The van der Waals surface area contributed by atoms with Crippen LogP contribution in [-0.2, 0) is 0 Å². The summed E-state index contributed by atoms with van der Waals surface area (Å²) in [6.45, 7) is 2.63. The highest BCUT2D eigenvalue weighted by atomic mass is 16.5. The van der Waals surface area contributed by atoms with Crippen molar-refractivity contribution < 1.29 is 9.47 Å². The van der Waals surface area contributed by atoms with Crippen LogP contribution in [0, 0.1) is 0 Å². The highest BCUT2D eigenvalue weighted by Crippen LogP contribution is 2.27. The Kier molecular flexibility index (Phi) is 4.13. The van der Waals surface area contributed by atoms with Crippen molar-refractivity contribution >= 4 is 17.1 Å². The number of methoxy groups -OCH3 is 1. The van der Waals surface area contributed by atoms with Gasteiger partial charge in [-0.3, -0.25) is 0 Å². The molecule has 0 atom stereocenters. The van der Waals surface area contributed by atoms with Crippen LogP contribution in [-0.4, -0.2) is 13.7 Å².